The van der Waals surface area contributed by atoms with Gasteiger partial charge in [0.1, 0.15) is 12.4 Å². The molecule has 2 N–H and O–H groups in total. The molecule has 0 atom stereocenters. The average Bonchev–Trinajstić information content (AvgIpc) is 2.59. The smallest absolute Gasteiger partial charge is 0.234 e. The first-order valence-electron chi connectivity index (χ1n) is 8.44. The number of nitrogens with zero attached hydrogens (tertiary/aromatic N) is 1. The van der Waals surface area contributed by atoms with E-state index in [1.807, 2.05) is 37.4 Å². The summed E-state index contributed by atoms with van der Waals surface area (Å²) in [5.41, 5.74) is 0. The molecule has 0 radical (unpaired) electrons. The van der Waals surface area contributed by atoms with Crippen LogP contribution >= 0.6 is 0 Å². The first-order chi connectivity index (χ1) is 11.2. The van der Waals surface area contributed by atoms with E-state index in [-0.39, 0.29) is 5.91 Å². The van der Waals surface area contributed by atoms with Gasteiger partial charge in [-0.05, 0) is 50.8 Å². The van der Waals surface area contributed by atoms with E-state index in [1.165, 1.54) is 0 Å². The fourth-order valence-electron chi connectivity index (χ4n) is 3.06. The van der Waals surface area contributed by atoms with Crippen molar-refractivity contribution in [1.82, 2.24) is 10.2 Å². The van der Waals surface area contributed by atoms with Gasteiger partial charge in [-0.3, -0.25) is 9.69 Å². The summed E-state index contributed by atoms with van der Waals surface area (Å²) in [6.07, 6.45) is 4.23. The van der Waals surface area contributed by atoms with Crippen LogP contribution in [0.1, 0.15) is 25.7 Å². The van der Waals surface area contributed by atoms with Gasteiger partial charge in [-0.25, -0.2) is 0 Å². The van der Waals surface area contributed by atoms with E-state index in [1.54, 1.807) is 0 Å². The van der Waals surface area contributed by atoms with E-state index >= 15 is 0 Å². The normalized spacial score (nSPS) is 21.2. The van der Waals surface area contributed by atoms with Crippen molar-refractivity contribution in [2.45, 2.75) is 31.7 Å². The van der Waals surface area contributed by atoms with Crippen molar-refractivity contribution >= 4 is 5.91 Å². The van der Waals surface area contributed by atoms with Crippen molar-refractivity contribution in [1.29, 1.82) is 0 Å². The standard InChI is InChI=1S/C18H28N2O3/c1-20(16-9-7-15(14-21)8-10-16)13-18(22)19-11-12-23-17-5-3-2-4-6-17/h2-6,15-16,21H,7-14H2,1H3,(H,19,22). The highest BCUT2D eigenvalue weighted by atomic mass is 16.5. The number of amides is 1. The number of para-hydroxylation sites is 1. The van der Waals surface area contributed by atoms with Crippen molar-refractivity contribution in [2.24, 2.45) is 5.92 Å². The van der Waals surface area contributed by atoms with Crippen molar-refractivity contribution in [3.63, 3.8) is 0 Å². The molecule has 5 nitrogen and oxygen atoms in total. The zero-order valence-electron chi connectivity index (χ0n) is 13.9. The third-order valence-electron chi connectivity index (χ3n) is 4.53. The lowest BCUT2D eigenvalue weighted by atomic mass is 9.86. The molecular formula is C18H28N2O3. The van der Waals surface area contributed by atoms with Crippen LogP contribution in [0.15, 0.2) is 30.3 Å². The third-order valence-corrected chi connectivity index (χ3v) is 4.53. The number of nitrogens with one attached hydrogen (secondary N) is 1. The lowest BCUT2D eigenvalue weighted by Crippen LogP contribution is -2.43. The minimum Gasteiger partial charge on any atom is -0.492 e. The Morgan fingerprint density at radius 1 is 1.26 bits per heavy atom. The van der Waals surface area contributed by atoms with Gasteiger partial charge in [0, 0.05) is 12.6 Å². The van der Waals surface area contributed by atoms with Gasteiger partial charge in [0.15, 0.2) is 0 Å². The Balaban J connectivity index is 1.59. The van der Waals surface area contributed by atoms with Gasteiger partial charge in [-0.15, -0.1) is 0 Å². The number of carbonyl (C=O) groups excluding carboxylic acids is 1. The second-order valence-electron chi connectivity index (χ2n) is 6.28. The molecule has 0 spiro atoms. The number of carbonyl (C=O) groups is 1. The predicted molar refractivity (Wildman–Crippen MR) is 90.4 cm³/mol. The lowest BCUT2D eigenvalue weighted by molar-refractivity contribution is -0.122. The van der Waals surface area contributed by atoms with Crippen LogP contribution in [0.25, 0.3) is 0 Å². The van der Waals surface area contributed by atoms with Gasteiger partial charge < -0.3 is 15.2 Å². The Hall–Kier alpha value is -1.59. The summed E-state index contributed by atoms with van der Waals surface area (Å²) in [7, 11) is 2.00. The van der Waals surface area contributed by atoms with Crippen LogP contribution < -0.4 is 10.1 Å². The summed E-state index contributed by atoms with van der Waals surface area (Å²) in [5, 5.41) is 12.1. The molecule has 0 unspecified atom stereocenters. The van der Waals surface area contributed by atoms with Crippen LogP contribution in [-0.4, -0.2) is 55.3 Å². The summed E-state index contributed by atoms with van der Waals surface area (Å²) >= 11 is 0. The second kappa shape index (κ2) is 9.53. The molecule has 128 valence electrons. The number of hydrogen-bond donors (Lipinski definition) is 2. The molecule has 5 heteroatoms. The first kappa shape index (κ1) is 17.8. The minimum absolute atomic E-state index is 0.0356. The Kier molecular flexibility index (Phi) is 7.36. The highest BCUT2D eigenvalue weighted by molar-refractivity contribution is 5.77. The second-order valence-corrected chi connectivity index (χ2v) is 6.28. The highest BCUT2D eigenvalue weighted by Gasteiger charge is 2.24. The molecule has 0 aromatic heterocycles. The number of aliphatic hydroxyl groups excluding tert-OH is 1. The van der Waals surface area contributed by atoms with E-state index in [4.69, 9.17) is 4.74 Å². The maximum Gasteiger partial charge on any atom is 0.234 e. The summed E-state index contributed by atoms with van der Waals surface area (Å²) in [5.74, 6) is 1.30. The van der Waals surface area contributed by atoms with Gasteiger partial charge in [0.25, 0.3) is 0 Å². The van der Waals surface area contributed by atoms with E-state index in [0.29, 0.717) is 38.3 Å². The highest BCUT2D eigenvalue weighted by Crippen LogP contribution is 2.26. The van der Waals surface area contributed by atoms with Gasteiger partial charge in [0.05, 0.1) is 13.1 Å². The molecule has 1 saturated carbocycles. The van der Waals surface area contributed by atoms with E-state index in [2.05, 4.69) is 10.2 Å². The van der Waals surface area contributed by atoms with Gasteiger partial charge >= 0.3 is 0 Å². The minimum atomic E-state index is 0.0356. The topological polar surface area (TPSA) is 61.8 Å². The monoisotopic (exact) mass is 320 g/mol. The van der Waals surface area contributed by atoms with Crippen LogP contribution in [-0.2, 0) is 4.79 Å². The van der Waals surface area contributed by atoms with Crippen molar-refractivity contribution < 1.29 is 14.6 Å². The number of rotatable bonds is 8. The zero-order valence-corrected chi connectivity index (χ0v) is 13.9. The molecular weight excluding hydrogens is 292 g/mol. The first-order valence-corrected chi connectivity index (χ1v) is 8.44. The largest absolute Gasteiger partial charge is 0.492 e. The number of likely N-dealkylation sites (N-methyl/N-ethyl adjacent to an activating group) is 1. The van der Waals surface area contributed by atoms with Crippen LogP contribution in [0, 0.1) is 5.92 Å². The third kappa shape index (κ3) is 6.20. The van der Waals surface area contributed by atoms with E-state index in [9.17, 15) is 9.90 Å². The molecule has 0 aliphatic heterocycles. The quantitative estimate of drug-likeness (QED) is 0.715. The molecule has 2 rings (SSSR count). The molecule has 1 aliphatic carbocycles. The molecule has 23 heavy (non-hydrogen) atoms. The molecule has 1 amide bonds. The molecule has 0 saturated heterocycles. The van der Waals surface area contributed by atoms with Crippen molar-refractivity contribution in [2.75, 3.05) is 33.4 Å². The molecule has 1 fully saturated rings. The van der Waals surface area contributed by atoms with Crippen LogP contribution in [0.4, 0.5) is 0 Å². The number of ether oxygens (including phenoxy) is 1. The molecule has 1 aliphatic rings. The van der Waals surface area contributed by atoms with Crippen molar-refractivity contribution in [3.05, 3.63) is 30.3 Å². The van der Waals surface area contributed by atoms with Gasteiger partial charge in [0.2, 0.25) is 5.91 Å². The maximum absolute atomic E-state index is 12.0. The molecule has 1 aromatic carbocycles. The van der Waals surface area contributed by atoms with Gasteiger partial charge in [-0.1, -0.05) is 18.2 Å². The molecule has 0 bridgehead atoms. The summed E-state index contributed by atoms with van der Waals surface area (Å²) in [6, 6.07) is 10.0. The van der Waals surface area contributed by atoms with E-state index in [0.717, 1.165) is 31.4 Å². The molecule has 0 heterocycles. The Morgan fingerprint density at radius 3 is 2.61 bits per heavy atom. The molecule has 1 aromatic rings. The SMILES string of the molecule is CN(CC(=O)NCCOc1ccccc1)C1CCC(CO)CC1. The fraction of sp³-hybridized carbons (Fsp3) is 0.611. The Labute approximate surface area is 138 Å². The Bertz CT molecular complexity index is 459. The van der Waals surface area contributed by atoms with Gasteiger partial charge in [-0.2, -0.15) is 0 Å². The number of aliphatic hydroxyl groups is 1. The maximum atomic E-state index is 12.0. The van der Waals surface area contributed by atoms with Crippen LogP contribution in [0.5, 0.6) is 5.75 Å². The summed E-state index contributed by atoms with van der Waals surface area (Å²) in [4.78, 5) is 14.1. The average molecular weight is 320 g/mol. The summed E-state index contributed by atoms with van der Waals surface area (Å²) in [6.45, 7) is 1.69. The van der Waals surface area contributed by atoms with E-state index < -0.39 is 0 Å². The number of benzene rings is 1. The number of hydrogen-bond acceptors (Lipinski definition) is 4. The predicted octanol–water partition coefficient (Wildman–Crippen LogP) is 1.66. The van der Waals surface area contributed by atoms with Crippen molar-refractivity contribution in [3.8, 4) is 5.75 Å². The van der Waals surface area contributed by atoms with Crippen LogP contribution in [0.3, 0.4) is 0 Å². The zero-order chi connectivity index (χ0) is 16.5. The Morgan fingerprint density at radius 2 is 1.96 bits per heavy atom. The summed E-state index contributed by atoms with van der Waals surface area (Å²) < 4.78 is 5.55. The fourth-order valence-corrected chi connectivity index (χ4v) is 3.06. The lowest BCUT2D eigenvalue weighted by Gasteiger charge is -2.33. The van der Waals surface area contributed by atoms with Crippen LogP contribution in [0.2, 0.25) is 0 Å².